The number of hydrogen-bond donors (Lipinski definition) is 2. The minimum Gasteiger partial charge on any atom is -0.480 e. The van der Waals surface area contributed by atoms with E-state index in [4.69, 9.17) is 19.3 Å². The lowest BCUT2D eigenvalue weighted by Crippen LogP contribution is -2.33. The predicted molar refractivity (Wildman–Crippen MR) is 148 cm³/mol. The number of benzene rings is 1. The Morgan fingerprint density at radius 3 is 2.54 bits per heavy atom. The van der Waals surface area contributed by atoms with Gasteiger partial charge >= 0.3 is 12.1 Å². The van der Waals surface area contributed by atoms with Crippen LogP contribution in [0.4, 0.5) is 14.9 Å². The van der Waals surface area contributed by atoms with E-state index in [0.29, 0.717) is 32.3 Å². The van der Waals surface area contributed by atoms with Crippen LogP contribution in [0.5, 0.6) is 11.8 Å². The molecule has 4 aromatic heterocycles. The monoisotopic (exact) mass is 578 g/mol. The number of amides is 1. The van der Waals surface area contributed by atoms with Gasteiger partial charge in [0.05, 0.1) is 36.2 Å². The minimum atomic E-state index is -1.19. The number of nitrogens with zero attached hydrogens (tertiary/aromatic N) is 5. The van der Waals surface area contributed by atoms with Gasteiger partial charge in [-0.1, -0.05) is 11.3 Å². The first kappa shape index (κ1) is 27.6. The molecule has 0 spiro atoms. The van der Waals surface area contributed by atoms with Crippen molar-refractivity contribution in [3.8, 4) is 22.3 Å². The maximum Gasteiger partial charge on any atom is 0.412 e. The smallest absolute Gasteiger partial charge is 0.412 e. The van der Waals surface area contributed by atoms with Crippen LogP contribution in [-0.4, -0.2) is 61.4 Å². The molecule has 0 unspecified atom stereocenters. The number of nitrogens with one attached hydrogen (secondary N) is 1. The molecule has 1 aromatic carbocycles. The summed E-state index contributed by atoms with van der Waals surface area (Å²) in [4.78, 5) is 45.2. The molecule has 1 amide bonds. The standard InChI is InChI=1S/C27H23FN6O6S/c1-12-7-16(22-19(8-12)32-21(38-4)11-30-22)24-33-20-9-17(28)23(34-25(20)41-24)39-13(2)14(3)40-27(37)31-15-5-6-18(26(35)36)29-10-15/h5-11,13-14H,1-4H3,(H,31,37)(H,35,36)/t13-,14+/m0/s1. The van der Waals surface area contributed by atoms with Gasteiger partial charge in [-0.2, -0.15) is 4.98 Å². The van der Waals surface area contributed by atoms with Crippen molar-refractivity contribution in [2.75, 3.05) is 12.4 Å². The van der Waals surface area contributed by atoms with Gasteiger partial charge in [0, 0.05) is 11.6 Å². The summed E-state index contributed by atoms with van der Waals surface area (Å²) in [5, 5.41) is 12.0. The summed E-state index contributed by atoms with van der Waals surface area (Å²) in [6.07, 6.45) is 0.320. The number of rotatable bonds is 8. The summed E-state index contributed by atoms with van der Waals surface area (Å²) >= 11 is 1.25. The summed E-state index contributed by atoms with van der Waals surface area (Å²) in [6, 6.07) is 7.68. The van der Waals surface area contributed by atoms with Gasteiger partial charge in [0.1, 0.15) is 33.3 Å². The molecule has 2 atom stereocenters. The zero-order valence-corrected chi connectivity index (χ0v) is 23.0. The zero-order valence-electron chi connectivity index (χ0n) is 22.2. The quantitative estimate of drug-likeness (QED) is 0.247. The fraction of sp³-hybridized carbons (Fsp3) is 0.222. The van der Waals surface area contributed by atoms with Crippen LogP contribution in [0.2, 0.25) is 0 Å². The number of anilines is 1. The molecule has 0 bridgehead atoms. The third kappa shape index (κ3) is 5.96. The molecule has 12 nitrogen and oxygen atoms in total. The van der Waals surface area contributed by atoms with Crippen molar-refractivity contribution in [2.45, 2.75) is 33.0 Å². The summed E-state index contributed by atoms with van der Waals surface area (Å²) in [5.74, 6) is -1.78. The maximum absolute atomic E-state index is 15.0. The lowest BCUT2D eigenvalue weighted by atomic mass is 10.1. The maximum atomic E-state index is 15.0. The molecule has 0 aliphatic rings. The highest BCUT2D eigenvalue weighted by molar-refractivity contribution is 7.21. The van der Waals surface area contributed by atoms with Crippen molar-refractivity contribution in [3.63, 3.8) is 0 Å². The Balaban J connectivity index is 1.31. The number of fused-ring (bicyclic) bond motifs is 2. The number of carbonyl (C=O) groups is 2. The first-order valence-corrected chi connectivity index (χ1v) is 13.1. The molecule has 210 valence electrons. The average molecular weight is 579 g/mol. The van der Waals surface area contributed by atoms with Crippen molar-refractivity contribution in [1.82, 2.24) is 24.9 Å². The number of hydrogen-bond acceptors (Lipinski definition) is 11. The van der Waals surface area contributed by atoms with Crippen LogP contribution in [0.3, 0.4) is 0 Å². The van der Waals surface area contributed by atoms with E-state index >= 15 is 0 Å². The van der Waals surface area contributed by atoms with E-state index < -0.39 is 30.1 Å². The second-order valence-electron chi connectivity index (χ2n) is 9.01. The first-order chi connectivity index (χ1) is 19.6. The first-order valence-electron chi connectivity index (χ1n) is 12.2. The molecular formula is C27H23FN6O6S. The number of aromatic nitrogens is 5. The number of ether oxygens (including phenoxy) is 3. The molecule has 5 rings (SSSR count). The van der Waals surface area contributed by atoms with Gasteiger partial charge < -0.3 is 19.3 Å². The number of carboxylic acids is 1. The van der Waals surface area contributed by atoms with Crippen LogP contribution in [0.1, 0.15) is 29.9 Å². The molecule has 0 fully saturated rings. The number of carboxylic acid groups (broad SMARTS) is 1. The zero-order chi connectivity index (χ0) is 29.3. The van der Waals surface area contributed by atoms with Crippen LogP contribution in [0, 0.1) is 12.7 Å². The third-order valence-electron chi connectivity index (χ3n) is 5.99. The third-order valence-corrected chi connectivity index (χ3v) is 6.99. The largest absolute Gasteiger partial charge is 0.480 e. The number of aryl methyl sites for hydroxylation is 1. The Kier molecular flexibility index (Phi) is 7.57. The molecule has 2 N–H and O–H groups in total. The van der Waals surface area contributed by atoms with Gasteiger partial charge in [-0.3, -0.25) is 5.32 Å². The van der Waals surface area contributed by atoms with Crippen LogP contribution in [0.15, 0.2) is 42.7 Å². The van der Waals surface area contributed by atoms with Crippen LogP contribution in [0.25, 0.3) is 32.0 Å². The number of thiazole rings is 1. The number of pyridine rings is 2. The van der Waals surface area contributed by atoms with Gasteiger partial charge in [-0.05, 0) is 50.6 Å². The highest BCUT2D eigenvalue weighted by Gasteiger charge is 2.23. The topological polar surface area (TPSA) is 159 Å². The van der Waals surface area contributed by atoms with Crippen molar-refractivity contribution in [3.05, 3.63) is 59.8 Å². The lowest BCUT2D eigenvalue weighted by Gasteiger charge is -2.21. The SMILES string of the molecule is COc1cnc2c(-c3nc4cc(F)c(O[C@@H](C)[C@@H](C)OC(=O)Nc5ccc(C(=O)O)nc5)nc4s3)cc(C)cc2n1. The Morgan fingerprint density at radius 1 is 1.02 bits per heavy atom. The van der Waals surface area contributed by atoms with Gasteiger partial charge in [-0.15, -0.1) is 0 Å². The van der Waals surface area contributed by atoms with E-state index in [-0.39, 0.29) is 17.3 Å². The normalized spacial score (nSPS) is 12.6. The van der Waals surface area contributed by atoms with E-state index in [1.807, 2.05) is 19.1 Å². The predicted octanol–water partition coefficient (Wildman–Crippen LogP) is 5.26. The molecule has 0 aliphatic carbocycles. The summed E-state index contributed by atoms with van der Waals surface area (Å²) < 4.78 is 31.2. The average Bonchev–Trinajstić information content (AvgIpc) is 3.34. The second-order valence-corrected chi connectivity index (χ2v) is 9.98. The van der Waals surface area contributed by atoms with E-state index in [1.54, 1.807) is 13.8 Å². The summed E-state index contributed by atoms with van der Waals surface area (Å²) in [6.45, 7) is 5.12. The fourth-order valence-electron chi connectivity index (χ4n) is 3.81. The van der Waals surface area contributed by atoms with Crippen molar-refractivity contribution < 1.29 is 33.3 Å². The molecule has 5 aromatic rings. The van der Waals surface area contributed by atoms with Crippen LogP contribution < -0.4 is 14.8 Å². The summed E-state index contributed by atoms with van der Waals surface area (Å²) in [7, 11) is 1.52. The van der Waals surface area contributed by atoms with Crippen molar-refractivity contribution in [2.24, 2.45) is 0 Å². The van der Waals surface area contributed by atoms with Gasteiger partial charge in [0.25, 0.3) is 5.88 Å². The Morgan fingerprint density at radius 2 is 1.83 bits per heavy atom. The van der Waals surface area contributed by atoms with Crippen LogP contribution >= 0.6 is 11.3 Å². The fourth-order valence-corrected chi connectivity index (χ4v) is 4.74. The van der Waals surface area contributed by atoms with E-state index in [1.165, 1.54) is 49.0 Å². The van der Waals surface area contributed by atoms with Gasteiger partial charge in [0.2, 0.25) is 5.88 Å². The number of halogens is 1. The molecule has 4 heterocycles. The molecule has 14 heteroatoms. The number of methoxy groups -OCH3 is 1. The molecule has 0 saturated heterocycles. The minimum absolute atomic E-state index is 0.166. The molecule has 0 radical (unpaired) electrons. The van der Waals surface area contributed by atoms with Gasteiger partial charge in [0.15, 0.2) is 5.82 Å². The second kappa shape index (κ2) is 11.3. The van der Waals surface area contributed by atoms with E-state index in [9.17, 15) is 14.0 Å². The lowest BCUT2D eigenvalue weighted by molar-refractivity contribution is 0.0379. The van der Waals surface area contributed by atoms with E-state index in [0.717, 1.165) is 11.1 Å². The van der Waals surface area contributed by atoms with Gasteiger partial charge in [-0.25, -0.2) is 33.9 Å². The highest BCUT2D eigenvalue weighted by atomic mass is 32.1. The Labute approximate surface area is 236 Å². The van der Waals surface area contributed by atoms with Crippen molar-refractivity contribution >= 4 is 50.5 Å². The molecule has 41 heavy (non-hydrogen) atoms. The van der Waals surface area contributed by atoms with E-state index in [2.05, 4.69) is 30.2 Å². The number of carbonyl (C=O) groups excluding carboxylic acids is 1. The van der Waals surface area contributed by atoms with Crippen molar-refractivity contribution in [1.29, 1.82) is 0 Å². The number of aromatic carboxylic acids is 1. The van der Waals surface area contributed by atoms with Crippen LogP contribution in [-0.2, 0) is 4.74 Å². The Hall–Kier alpha value is -4.98. The summed E-state index contributed by atoms with van der Waals surface area (Å²) in [5.41, 5.74) is 3.37. The highest BCUT2D eigenvalue weighted by Crippen LogP contribution is 2.35. The molecular weight excluding hydrogens is 555 g/mol. The Bertz CT molecular complexity index is 1780. The molecule has 0 aliphatic heterocycles. The molecule has 0 saturated carbocycles.